The summed E-state index contributed by atoms with van der Waals surface area (Å²) in [6.45, 7) is 7.99. The lowest BCUT2D eigenvalue weighted by Crippen LogP contribution is -2.40. The van der Waals surface area contributed by atoms with Gasteiger partial charge >= 0.3 is 6.03 Å². The molecule has 144 valence electrons. The fraction of sp³-hybridized carbons (Fsp3) is 0.409. The smallest absolute Gasteiger partial charge is 0.322 e. The molecule has 3 rings (SSSR count). The van der Waals surface area contributed by atoms with Gasteiger partial charge in [0.25, 0.3) is 0 Å². The minimum Gasteiger partial charge on any atom is -0.379 e. The van der Waals surface area contributed by atoms with Gasteiger partial charge in [-0.2, -0.15) is 0 Å². The number of urea groups is 1. The summed E-state index contributed by atoms with van der Waals surface area (Å²) < 4.78 is 5.41. The zero-order valence-electron chi connectivity index (χ0n) is 16.1. The van der Waals surface area contributed by atoms with Crippen LogP contribution in [0.15, 0.2) is 54.6 Å². The number of nitrogens with zero attached hydrogens (tertiary/aromatic N) is 2. The number of hydrogen-bond donors (Lipinski definition) is 1. The molecule has 0 aromatic heterocycles. The molecule has 2 aromatic carbocycles. The SMILES string of the molecule is Cc1cccc(CN(CCCN2CCOCC2)C(=O)Nc2ccccc2)c1. The minimum atomic E-state index is -0.0512. The van der Waals surface area contributed by atoms with Gasteiger partial charge in [-0.05, 0) is 31.0 Å². The molecule has 1 aliphatic heterocycles. The third-order valence-corrected chi connectivity index (χ3v) is 4.77. The Labute approximate surface area is 161 Å². The van der Waals surface area contributed by atoms with Gasteiger partial charge < -0.3 is 15.0 Å². The van der Waals surface area contributed by atoms with Crippen LogP contribution in [0.1, 0.15) is 17.5 Å². The molecule has 0 radical (unpaired) electrons. The quantitative estimate of drug-likeness (QED) is 0.811. The molecule has 0 atom stereocenters. The van der Waals surface area contributed by atoms with Crippen LogP contribution in [0.2, 0.25) is 0 Å². The van der Waals surface area contributed by atoms with Crippen LogP contribution in [-0.2, 0) is 11.3 Å². The highest BCUT2D eigenvalue weighted by atomic mass is 16.5. The summed E-state index contributed by atoms with van der Waals surface area (Å²) in [6, 6.07) is 17.9. The second kappa shape index (κ2) is 10.1. The van der Waals surface area contributed by atoms with E-state index in [9.17, 15) is 4.79 Å². The van der Waals surface area contributed by atoms with Gasteiger partial charge in [0, 0.05) is 38.4 Å². The van der Waals surface area contributed by atoms with Crippen molar-refractivity contribution >= 4 is 11.7 Å². The van der Waals surface area contributed by atoms with Crippen LogP contribution in [0.4, 0.5) is 10.5 Å². The van der Waals surface area contributed by atoms with Crippen molar-refractivity contribution in [3.63, 3.8) is 0 Å². The van der Waals surface area contributed by atoms with Gasteiger partial charge in [-0.15, -0.1) is 0 Å². The molecule has 27 heavy (non-hydrogen) atoms. The van der Waals surface area contributed by atoms with Gasteiger partial charge in [0.1, 0.15) is 0 Å². The lowest BCUT2D eigenvalue weighted by Gasteiger charge is -2.28. The Morgan fingerprint density at radius 1 is 1.11 bits per heavy atom. The topological polar surface area (TPSA) is 44.8 Å². The number of benzene rings is 2. The van der Waals surface area contributed by atoms with E-state index in [-0.39, 0.29) is 6.03 Å². The summed E-state index contributed by atoms with van der Waals surface area (Å²) >= 11 is 0. The second-order valence-electron chi connectivity index (χ2n) is 7.01. The van der Waals surface area contributed by atoms with E-state index < -0.39 is 0 Å². The molecule has 1 N–H and O–H groups in total. The van der Waals surface area contributed by atoms with Gasteiger partial charge in [-0.25, -0.2) is 4.79 Å². The Morgan fingerprint density at radius 3 is 2.63 bits per heavy atom. The summed E-state index contributed by atoms with van der Waals surface area (Å²) in [5.74, 6) is 0. The summed E-state index contributed by atoms with van der Waals surface area (Å²) in [5, 5.41) is 3.02. The number of rotatable bonds is 7. The molecular weight excluding hydrogens is 338 g/mol. The van der Waals surface area contributed by atoms with E-state index in [1.165, 1.54) is 5.56 Å². The number of nitrogens with one attached hydrogen (secondary N) is 1. The van der Waals surface area contributed by atoms with Crippen LogP contribution in [0.3, 0.4) is 0 Å². The zero-order chi connectivity index (χ0) is 18.9. The minimum absolute atomic E-state index is 0.0512. The number of morpholine rings is 1. The molecule has 1 saturated heterocycles. The van der Waals surface area contributed by atoms with E-state index in [2.05, 4.69) is 35.3 Å². The average Bonchev–Trinajstić information content (AvgIpc) is 2.69. The average molecular weight is 367 g/mol. The van der Waals surface area contributed by atoms with Crippen LogP contribution in [0.5, 0.6) is 0 Å². The number of amides is 2. The molecule has 2 aromatic rings. The van der Waals surface area contributed by atoms with E-state index in [4.69, 9.17) is 4.74 Å². The van der Waals surface area contributed by atoms with Crippen LogP contribution in [0, 0.1) is 6.92 Å². The van der Waals surface area contributed by atoms with Crippen LogP contribution in [0.25, 0.3) is 0 Å². The van der Waals surface area contributed by atoms with E-state index in [0.29, 0.717) is 6.54 Å². The predicted octanol–water partition coefficient (Wildman–Crippen LogP) is 3.75. The molecule has 1 aliphatic rings. The highest BCUT2D eigenvalue weighted by Crippen LogP contribution is 2.12. The summed E-state index contributed by atoms with van der Waals surface area (Å²) in [4.78, 5) is 17.2. The fourth-order valence-corrected chi connectivity index (χ4v) is 3.32. The summed E-state index contributed by atoms with van der Waals surface area (Å²) in [7, 11) is 0. The molecule has 0 unspecified atom stereocenters. The highest BCUT2D eigenvalue weighted by Gasteiger charge is 2.16. The Balaban J connectivity index is 1.60. The Bertz CT molecular complexity index is 715. The maximum absolute atomic E-state index is 12.9. The number of anilines is 1. The Kier molecular flexibility index (Phi) is 7.25. The molecule has 2 amide bonds. The summed E-state index contributed by atoms with van der Waals surface area (Å²) in [5.41, 5.74) is 3.19. The largest absolute Gasteiger partial charge is 0.379 e. The Hall–Kier alpha value is -2.37. The van der Waals surface area contributed by atoms with Crippen LogP contribution in [-0.4, -0.2) is 55.2 Å². The van der Waals surface area contributed by atoms with Gasteiger partial charge in [-0.1, -0.05) is 48.0 Å². The van der Waals surface area contributed by atoms with E-state index in [1.807, 2.05) is 41.3 Å². The number of para-hydroxylation sites is 1. The van der Waals surface area contributed by atoms with Crippen molar-refractivity contribution in [1.82, 2.24) is 9.80 Å². The monoisotopic (exact) mass is 367 g/mol. The van der Waals surface area contributed by atoms with Gasteiger partial charge in [0.15, 0.2) is 0 Å². The van der Waals surface area contributed by atoms with Crippen molar-refractivity contribution < 1.29 is 9.53 Å². The standard InChI is InChI=1S/C22H29N3O2/c1-19-7-5-8-20(17-19)18-25(12-6-11-24-13-15-27-16-14-24)22(26)23-21-9-3-2-4-10-21/h2-5,7-10,17H,6,11-16,18H2,1H3,(H,23,26). The molecule has 0 spiro atoms. The Morgan fingerprint density at radius 2 is 1.89 bits per heavy atom. The van der Waals surface area contributed by atoms with Crippen molar-refractivity contribution in [2.45, 2.75) is 19.9 Å². The number of carbonyl (C=O) groups is 1. The molecule has 5 heteroatoms. The third-order valence-electron chi connectivity index (χ3n) is 4.77. The normalized spacial score (nSPS) is 14.7. The molecule has 0 aliphatic carbocycles. The second-order valence-corrected chi connectivity index (χ2v) is 7.01. The van der Waals surface area contributed by atoms with Gasteiger partial charge in [-0.3, -0.25) is 4.90 Å². The highest BCUT2D eigenvalue weighted by molar-refractivity contribution is 5.89. The van der Waals surface area contributed by atoms with Gasteiger partial charge in [0.2, 0.25) is 0 Å². The van der Waals surface area contributed by atoms with Crippen molar-refractivity contribution in [3.8, 4) is 0 Å². The number of ether oxygens (including phenoxy) is 1. The molecule has 1 heterocycles. The van der Waals surface area contributed by atoms with Crippen LogP contribution < -0.4 is 5.32 Å². The molecule has 0 saturated carbocycles. The van der Waals surface area contributed by atoms with Crippen molar-refractivity contribution in [2.24, 2.45) is 0 Å². The van der Waals surface area contributed by atoms with Gasteiger partial charge in [0.05, 0.1) is 13.2 Å². The number of carbonyl (C=O) groups excluding carboxylic acids is 1. The number of aryl methyl sites for hydroxylation is 1. The molecule has 0 bridgehead atoms. The first kappa shape index (κ1) is 19.4. The zero-order valence-corrected chi connectivity index (χ0v) is 16.1. The third kappa shape index (κ3) is 6.38. The lowest BCUT2D eigenvalue weighted by molar-refractivity contribution is 0.0365. The maximum Gasteiger partial charge on any atom is 0.322 e. The van der Waals surface area contributed by atoms with Crippen LogP contribution >= 0.6 is 0 Å². The molecular formula is C22H29N3O2. The van der Waals surface area contributed by atoms with Crippen molar-refractivity contribution in [1.29, 1.82) is 0 Å². The number of hydrogen-bond acceptors (Lipinski definition) is 3. The maximum atomic E-state index is 12.9. The lowest BCUT2D eigenvalue weighted by atomic mass is 10.1. The molecule has 5 nitrogen and oxygen atoms in total. The van der Waals surface area contributed by atoms with E-state index in [0.717, 1.165) is 57.1 Å². The fourth-order valence-electron chi connectivity index (χ4n) is 3.32. The van der Waals surface area contributed by atoms with E-state index >= 15 is 0 Å². The first-order valence-corrected chi connectivity index (χ1v) is 9.67. The first-order valence-electron chi connectivity index (χ1n) is 9.67. The predicted molar refractivity (Wildman–Crippen MR) is 109 cm³/mol. The molecule has 1 fully saturated rings. The first-order chi connectivity index (χ1) is 13.2. The van der Waals surface area contributed by atoms with Crippen molar-refractivity contribution in [3.05, 3.63) is 65.7 Å². The van der Waals surface area contributed by atoms with Crippen molar-refractivity contribution in [2.75, 3.05) is 44.7 Å². The summed E-state index contributed by atoms with van der Waals surface area (Å²) in [6.07, 6.45) is 0.952. The van der Waals surface area contributed by atoms with E-state index in [1.54, 1.807) is 0 Å².